The third-order valence-electron chi connectivity index (χ3n) is 2.44. The molecule has 2 N–H and O–H groups in total. The van der Waals surface area contributed by atoms with Crippen molar-refractivity contribution in [3.63, 3.8) is 0 Å². The fourth-order valence-corrected chi connectivity index (χ4v) is 1.51. The standard InChI is InChI=1S/C10H13NO3/c12-10(13)9(7-3-4-7)11-6-8-2-1-5-14-8/h1-2,5,7,9,11H,3-4,6H2,(H,12,13). The maximum absolute atomic E-state index is 10.8. The molecule has 14 heavy (non-hydrogen) atoms. The molecule has 0 amide bonds. The summed E-state index contributed by atoms with van der Waals surface area (Å²) in [4.78, 5) is 10.8. The van der Waals surface area contributed by atoms with Crippen LogP contribution in [0.3, 0.4) is 0 Å². The van der Waals surface area contributed by atoms with Gasteiger partial charge in [0.15, 0.2) is 0 Å². The SMILES string of the molecule is O=C(O)C(NCc1ccco1)C1CC1. The molecule has 1 aliphatic rings. The summed E-state index contributed by atoms with van der Waals surface area (Å²) in [5.74, 6) is 0.318. The molecule has 0 bridgehead atoms. The maximum atomic E-state index is 10.8. The fourth-order valence-electron chi connectivity index (χ4n) is 1.51. The van der Waals surface area contributed by atoms with E-state index < -0.39 is 12.0 Å². The van der Waals surface area contributed by atoms with Crippen LogP contribution in [0, 0.1) is 5.92 Å². The number of carbonyl (C=O) groups is 1. The minimum absolute atomic E-state index is 0.308. The Morgan fingerprint density at radius 3 is 3.00 bits per heavy atom. The Balaban J connectivity index is 1.85. The van der Waals surface area contributed by atoms with Crippen LogP contribution in [0.25, 0.3) is 0 Å². The van der Waals surface area contributed by atoms with Gasteiger partial charge in [-0.05, 0) is 30.9 Å². The molecule has 0 saturated heterocycles. The first-order valence-corrected chi connectivity index (χ1v) is 4.76. The zero-order valence-corrected chi connectivity index (χ0v) is 7.77. The topological polar surface area (TPSA) is 62.5 Å². The van der Waals surface area contributed by atoms with Crippen LogP contribution in [-0.4, -0.2) is 17.1 Å². The highest BCUT2D eigenvalue weighted by atomic mass is 16.4. The Labute approximate surface area is 81.9 Å². The third kappa shape index (κ3) is 2.14. The van der Waals surface area contributed by atoms with Crippen molar-refractivity contribution in [3.8, 4) is 0 Å². The summed E-state index contributed by atoms with van der Waals surface area (Å²) >= 11 is 0. The smallest absolute Gasteiger partial charge is 0.320 e. The summed E-state index contributed by atoms with van der Waals surface area (Å²) in [7, 11) is 0. The van der Waals surface area contributed by atoms with E-state index in [1.807, 2.05) is 6.07 Å². The van der Waals surface area contributed by atoms with Crippen molar-refractivity contribution in [3.05, 3.63) is 24.2 Å². The molecule has 1 aromatic heterocycles. The second kappa shape index (κ2) is 3.84. The number of carboxylic acids is 1. The number of nitrogens with one attached hydrogen (secondary N) is 1. The quantitative estimate of drug-likeness (QED) is 0.741. The average Bonchev–Trinajstić information content (AvgIpc) is 2.82. The van der Waals surface area contributed by atoms with Crippen molar-refractivity contribution < 1.29 is 14.3 Å². The van der Waals surface area contributed by atoms with E-state index in [9.17, 15) is 4.79 Å². The summed E-state index contributed by atoms with van der Waals surface area (Å²) in [5.41, 5.74) is 0. The van der Waals surface area contributed by atoms with Gasteiger partial charge in [0, 0.05) is 0 Å². The summed E-state index contributed by atoms with van der Waals surface area (Å²) in [6, 6.07) is 3.21. The van der Waals surface area contributed by atoms with E-state index >= 15 is 0 Å². The lowest BCUT2D eigenvalue weighted by atomic mass is 10.2. The van der Waals surface area contributed by atoms with Gasteiger partial charge in [0.25, 0.3) is 0 Å². The summed E-state index contributed by atoms with van der Waals surface area (Å²) in [6.45, 7) is 0.487. The van der Waals surface area contributed by atoms with Gasteiger partial charge in [0.2, 0.25) is 0 Å². The Kier molecular flexibility index (Phi) is 2.54. The zero-order chi connectivity index (χ0) is 9.97. The Morgan fingerprint density at radius 1 is 1.71 bits per heavy atom. The van der Waals surface area contributed by atoms with Gasteiger partial charge >= 0.3 is 5.97 Å². The average molecular weight is 195 g/mol. The predicted octanol–water partition coefficient (Wildman–Crippen LogP) is 1.23. The van der Waals surface area contributed by atoms with Gasteiger partial charge in [-0.25, -0.2) is 0 Å². The first-order chi connectivity index (χ1) is 6.77. The van der Waals surface area contributed by atoms with Crippen molar-refractivity contribution in [2.45, 2.75) is 25.4 Å². The molecule has 1 aromatic rings. The molecule has 1 heterocycles. The van der Waals surface area contributed by atoms with E-state index in [1.54, 1.807) is 12.3 Å². The predicted molar refractivity (Wildman–Crippen MR) is 49.7 cm³/mol. The fraction of sp³-hybridized carbons (Fsp3) is 0.500. The molecule has 0 aliphatic heterocycles. The van der Waals surface area contributed by atoms with E-state index in [4.69, 9.17) is 9.52 Å². The molecule has 2 rings (SSSR count). The summed E-state index contributed by atoms with van der Waals surface area (Å²) in [6.07, 6.45) is 3.62. The van der Waals surface area contributed by atoms with Crippen LogP contribution >= 0.6 is 0 Å². The molecular weight excluding hydrogens is 182 g/mol. The van der Waals surface area contributed by atoms with Crippen molar-refractivity contribution in [2.24, 2.45) is 5.92 Å². The summed E-state index contributed by atoms with van der Waals surface area (Å²) < 4.78 is 5.11. The lowest BCUT2D eigenvalue weighted by Crippen LogP contribution is -2.37. The molecule has 0 radical (unpaired) electrons. The number of hydrogen-bond acceptors (Lipinski definition) is 3. The van der Waals surface area contributed by atoms with Crippen molar-refractivity contribution >= 4 is 5.97 Å². The first kappa shape index (κ1) is 9.27. The van der Waals surface area contributed by atoms with Crippen LogP contribution < -0.4 is 5.32 Å². The Morgan fingerprint density at radius 2 is 2.50 bits per heavy atom. The van der Waals surface area contributed by atoms with Gasteiger partial charge in [0.1, 0.15) is 11.8 Å². The van der Waals surface area contributed by atoms with E-state index in [0.29, 0.717) is 12.5 Å². The lowest BCUT2D eigenvalue weighted by Gasteiger charge is -2.11. The largest absolute Gasteiger partial charge is 0.480 e. The normalized spacial score (nSPS) is 18.0. The second-order valence-electron chi connectivity index (χ2n) is 3.61. The Bertz CT molecular complexity index is 303. The third-order valence-corrected chi connectivity index (χ3v) is 2.44. The molecule has 1 saturated carbocycles. The number of carboxylic acid groups (broad SMARTS) is 1. The van der Waals surface area contributed by atoms with E-state index in [0.717, 1.165) is 18.6 Å². The molecule has 1 unspecified atom stereocenters. The molecule has 0 aromatic carbocycles. The zero-order valence-electron chi connectivity index (χ0n) is 7.77. The molecule has 1 atom stereocenters. The molecule has 4 nitrogen and oxygen atoms in total. The van der Waals surface area contributed by atoms with Crippen molar-refractivity contribution in [1.29, 1.82) is 0 Å². The molecule has 76 valence electrons. The van der Waals surface area contributed by atoms with Gasteiger partial charge in [-0.3, -0.25) is 10.1 Å². The van der Waals surface area contributed by atoms with Crippen LogP contribution in [-0.2, 0) is 11.3 Å². The number of rotatable bonds is 5. The Hall–Kier alpha value is -1.29. The number of furan rings is 1. The van der Waals surface area contributed by atoms with Gasteiger partial charge in [0.05, 0.1) is 12.8 Å². The van der Waals surface area contributed by atoms with Gasteiger partial charge in [-0.2, -0.15) is 0 Å². The van der Waals surface area contributed by atoms with E-state index in [-0.39, 0.29) is 0 Å². The first-order valence-electron chi connectivity index (χ1n) is 4.76. The van der Waals surface area contributed by atoms with Gasteiger partial charge < -0.3 is 9.52 Å². The molecule has 4 heteroatoms. The molecular formula is C10H13NO3. The lowest BCUT2D eigenvalue weighted by molar-refractivity contribution is -0.140. The maximum Gasteiger partial charge on any atom is 0.320 e. The van der Waals surface area contributed by atoms with Crippen LogP contribution in [0.2, 0.25) is 0 Å². The van der Waals surface area contributed by atoms with Crippen LogP contribution in [0.5, 0.6) is 0 Å². The second-order valence-corrected chi connectivity index (χ2v) is 3.61. The van der Waals surface area contributed by atoms with E-state index in [2.05, 4.69) is 5.32 Å². The minimum atomic E-state index is -0.765. The van der Waals surface area contributed by atoms with Crippen molar-refractivity contribution in [2.75, 3.05) is 0 Å². The minimum Gasteiger partial charge on any atom is -0.480 e. The molecule has 1 aliphatic carbocycles. The number of aliphatic carboxylic acids is 1. The summed E-state index contributed by atoms with van der Waals surface area (Å²) in [5, 5.41) is 11.9. The van der Waals surface area contributed by atoms with Crippen LogP contribution in [0.1, 0.15) is 18.6 Å². The van der Waals surface area contributed by atoms with E-state index in [1.165, 1.54) is 0 Å². The highest BCUT2D eigenvalue weighted by Crippen LogP contribution is 2.32. The highest BCUT2D eigenvalue weighted by Gasteiger charge is 2.35. The van der Waals surface area contributed by atoms with Crippen molar-refractivity contribution in [1.82, 2.24) is 5.32 Å². The molecule has 1 fully saturated rings. The van der Waals surface area contributed by atoms with Crippen LogP contribution in [0.4, 0.5) is 0 Å². The monoisotopic (exact) mass is 195 g/mol. The molecule has 0 spiro atoms. The number of hydrogen-bond donors (Lipinski definition) is 2. The van der Waals surface area contributed by atoms with Gasteiger partial charge in [-0.1, -0.05) is 0 Å². The van der Waals surface area contributed by atoms with Crippen LogP contribution in [0.15, 0.2) is 22.8 Å². The highest BCUT2D eigenvalue weighted by molar-refractivity contribution is 5.74. The van der Waals surface area contributed by atoms with Gasteiger partial charge in [-0.15, -0.1) is 0 Å².